The Morgan fingerprint density at radius 1 is 1.00 bits per heavy atom. The Balaban J connectivity index is 2.19. The van der Waals surface area contributed by atoms with Gasteiger partial charge in [0.15, 0.2) is 0 Å². The van der Waals surface area contributed by atoms with E-state index in [0.29, 0.717) is 11.4 Å². The Kier molecular flexibility index (Phi) is 5.25. The van der Waals surface area contributed by atoms with Crippen LogP contribution in [0.3, 0.4) is 0 Å². The Morgan fingerprint density at radius 3 is 2.23 bits per heavy atom. The molecule has 0 heterocycles. The molecule has 0 fully saturated rings. The first-order valence-electron chi connectivity index (χ1n) is 7.24. The van der Waals surface area contributed by atoms with Gasteiger partial charge in [0, 0.05) is 18.8 Å². The zero-order valence-corrected chi connectivity index (χ0v) is 12.7. The van der Waals surface area contributed by atoms with Crippen molar-refractivity contribution < 1.29 is 9.90 Å². The zero-order chi connectivity index (χ0) is 15.9. The number of rotatable bonds is 6. The average molecular weight is 297 g/mol. The molecule has 114 valence electrons. The SMILES string of the molecule is CCN(CC)c1ccc(/N=N/c2ccccc2C(=O)O)cc1. The third kappa shape index (κ3) is 3.69. The Labute approximate surface area is 129 Å². The van der Waals surface area contributed by atoms with Crippen molar-refractivity contribution in [1.29, 1.82) is 0 Å². The highest BCUT2D eigenvalue weighted by Crippen LogP contribution is 2.24. The number of carbonyl (C=O) groups is 1. The minimum absolute atomic E-state index is 0.144. The third-order valence-electron chi connectivity index (χ3n) is 3.39. The summed E-state index contributed by atoms with van der Waals surface area (Å²) in [4.78, 5) is 13.3. The molecule has 0 radical (unpaired) electrons. The van der Waals surface area contributed by atoms with Crippen LogP contribution in [0.4, 0.5) is 17.1 Å². The van der Waals surface area contributed by atoms with Crippen molar-refractivity contribution in [2.45, 2.75) is 13.8 Å². The summed E-state index contributed by atoms with van der Waals surface area (Å²) >= 11 is 0. The maximum Gasteiger partial charge on any atom is 0.337 e. The van der Waals surface area contributed by atoms with Crippen LogP contribution < -0.4 is 4.90 Å². The molecule has 0 saturated carbocycles. The highest BCUT2D eigenvalue weighted by Gasteiger charge is 2.08. The molecule has 2 rings (SSSR count). The summed E-state index contributed by atoms with van der Waals surface area (Å²) in [5.74, 6) is -1.01. The molecule has 0 atom stereocenters. The van der Waals surface area contributed by atoms with Crippen molar-refractivity contribution >= 4 is 23.0 Å². The third-order valence-corrected chi connectivity index (χ3v) is 3.39. The molecular formula is C17H19N3O2. The second-order valence-corrected chi connectivity index (χ2v) is 4.71. The molecule has 2 aromatic rings. The largest absolute Gasteiger partial charge is 0.478 e. The first-order chi connectivity index (χ1) is 10.7. The molecule has 0 unspecified atom stereocenters. The fourth-order valence-corrected chi connectivity index (χ4v) is 2.17. The maximum atomic E-state index is 11.1. The van der Waals surface area contributed by atoms with Gasteiger partial charge in [0.25, 0.3) is 0 Å². The number of anilines is 1. The lowest BCUT2D eigenvalue weighted by atomic mass is 10.2. The van der Waals surface area contributed by atoms with Crippen LogP contribution in [0.25, 0.3) is 0 Å². The van der Waals surface area contributed by atoms with Crippen molar-refractivity contribution in [3.63, 3.8) is 0 Å². The lowest BCUT2D eigenvalue weighted by Gasteiger charge is -2.20. The molecule has 2 aromatic carbocycles. The van der Waals surface area contributed by atoms with Crippen molar-refractivity contribution in [2.24, 2.45) is 10.2 Å². The number of aromatic carboxylic acids is 1. The molecule has 0 aliphatic rings. The van der Waals surface area contributed by atoms with Gasteiger partial charge < -0.3 is 10.0 Å². The smallest absolute Gasteiger partial charge is 0.337 e. The van der Waals surface area contributed by atoms with Gasteiger partial charge in [-0.15, -0.1) is 5.11 Å². The fourth-order valence-electron chi connectivity index (χ4n) is 2.17. The highest BCUT2D eigenvalue weighted by molar-refractivity contribution is 5.93. The maximum absolute atomic E-state index is 11.1. The molecular weight excluding hydrogens is 278 g/mol. The number of benzene rings is 2. The van der Waals surface area contributed by atoms with E-state index < -0.39 is 5.97 Å². The van der Waals surface area contributed by atoms with Crippen LogP contribution in [0, 0.1) is 0 Å². The zero-order valence-electron chi connectivity index (χ0n) is 12.7. The van der Waals surface area contributed by atoms with Gasteiger partial charge in [-0.3, -0.25) is 0 Å². The lowest BCUT2D eigenvalue weighted by Crippen LogP contribution is -2.21. The van der Waals surface area contributed by atoms with E-state index in [4.69, 9.17) is 5.11 Å². The molecule has 1 N–H and O–H groups in total. The van der Waals surface area contributed by atoms with E-state index in [9.17, 15) is 4.79 Å². The Morgan fingerprint density at radius 2 is 1.64 bits per heavy atom. The van der Waals surface area contributed by atoms with Gasteiger partial charge >= 0.3 is 5.97 Å². The van der Waals surface area contributed by atoms with Gasteiger partial charge in [0.1, 0.15) is 5.69 Å². The van der Waals surface area contributed by atoms with E-state index in [-0.39, 0.29) is 5.56 Å². The summed E-state index contributed by atoms with van der Waals surface area (Å²) in [6.07, 6.45) is 0. The van der Waals surface area contributed by atoms with Crippen LogP contribution in [0.5, 0.6) is 0 Å². The molecule has 0 saturated heterocycles. The highest BCUT2D eigenvalue weighted by atomic mass is 16.4. The molecule has 5 heteroatoms. The predicted octanol–water partition coefficient (Wildman–Crippen LogP) is 4.65. The van der Waals surface area contributed by atoms with Crippen LogP contribution in [0.1, 0.15) is 24.2 Å². The van der Waals surface area contributed by atoms with Crippen LogP contribution in [-0.4, -0.2) is 24.2 Å². The van der Waals surface area contributed by atoms with Crippen LogP contribution >= 0.6 is 0 Å². The van der Waals surface area contributed by atoms with Crippen molar-refractivity contribution in [1.82, 2.24) is 0 Å². The van der Waals surface area contributed by atoms with E-state index in [1.54, 1.807) is 18.2 Å². The Hall–Kier alpha value is -2.69. The quantitative estimate of drug-likeness (QED) is 0.789. The van der Waals surface area contributed by atoms with Crippen molar-refractivity contribution in [2.75, 3.05) is 18.0 Å². The molecule has 0 amide bonds. The number of carboxylic acid groups (broad SMARTS) is 1. The summed E-state index contributed by atoms with van der Waals surface area (Å²) in [6, 6.07) is 14.3. The van der Waals surface area contributed by atoms with Gasteiger partial charge in [0.2, 0.25) is 0 Å². The number of carboxylic acids is 1. The summed E-state index contributed by atoms with van der Waals surface area (Å²) < 4.78 is 0. The average Bonchev–Trinajstić information content (AvgIpc) is 2.55. The van der Waals surface area contributed by atoms with Crippen LogP contribution in [0.2, 0.25) is 0 Å². The van der Waals surface area contributed by atoms with Gasteiger partial charge in [-0.2, -0.15) is 5.11 Å². The molecule has 0 bridgehead atoms. The van der Waals surface area contributed by atoms with E-state index in [1.165, 1.54) is 6.07 Å². The summed E-state index contributed by atoms with van der Waals surface area (Å²) in [5, 5.41) is 17.3. The predicted molar refractivity (Wildman–Crippen MR) is 87.6 cm³/mol. The van der Waals surface area contributed by atoms with Crippen molar-refractivity contribution in [3.8, 4) is 0 Å². The molecule has 0 aromatic heterocycles. The number of nitrogens with zero attached hydrogens (tertiary/aromatic N) is 3. The van der Waals surface area contributed by atoms with Gasteiger partial charge in [0.05, 0.1) is 11.3 Å². The number of azo groups is 1. The van der Waals surface area contributed by atoms with Crippen LogP contribution in [0.15, 0.2) is 58.8 Å². The van der Waals surface area contributed by atoms with E-state index >= 15 is 0 Å². The summed E-state index contributed by atoms with van der Waals surface area (Å²) in [6.45, 7) is 6.12. The molecule has 22 heavy (non-hydrogen) atoms. The minimum Gasteiger partial charge on any atom is -0.478 e. The first kappa shape index (κ1) is 15.7. The molecule has 0 aliphatic carbocycles. The Bertz CT molecular complexity index is 662. The monoisotopic (exact) mass is 297 g/mol. The topological polar surface area (TPSA) is 65.3 Å². The minimum atomic E-state index is -1.01. The van der Waals surface area contributed by atoms with E-state index in [2.05, 4.69) is 29.0 Å². The summed E-state index contributed by atoms with van der Waals surface area (Å²) in [5.41, 5.74) is 2.32. The van der Waals surface area contributed by atoms with E-state index in [0.717, 1.165) is 18.8 Å². The van der Waals surface area contributed by atoms with E-state index in [1.807, 2.05) is 24.3 Å². The van der Waals surface area contributed by atoms with Gasteiger partial charge in [-0.25, -0.2) is 4.79 Å². The standard InChI is InChI=1S/C17H19N3O2/c1-3-20(4-2)14-11-9-13(10-12-14)18-19-16-8-6-5-7-15(16)17(21)22/h5-12H,3-4H2,1-2H3,(H,21,22)/b19-18+. The second-order valence-electron chi connectivity index (χ2n) is 4.71. The molecule has 0 spiro atoms. The lowest BCUT2D eigenvalue weighted by molar-refractivity contribution is 0.0698. The first-order valence-corrected chi connectivity index (χ1v) is 7.24. The molecule has 5 nitrogen and oxygen atoms in total. The summed E-state index contributed by atoms with van der Waals surface area (Å²) in [7, 11) is 0. The second kappa shape index (κ2) is 7.36. The van der Waals surface area contributed by atoms with Gasteiger partial charge in [-0.1, -0.05) is 12.1 Å². The number of hydrogen-bond donors (Lipinski definition) is 1. The van der Waals surface area contributed by atoms with Crippen LogP contribution in [-0.2, 0) is 0 Å². The normalized spacial score (nSPS) is 10.8. The fraction of sp³-hybridized carbons (Fsp3) is 0.235. The van der Waals surface area contributed by atoms with Crippen molar-refractivity contribution in [3.05, 3.63) is 54.1 Å². The molecule has 0 aliphatic heterocycles. The van der Waals surface area contributed by atoms with Gasteiger partial charge in [-0.05, 0) is 50.2 Å². The number of hydrogen-bond acceptors (Lipinski definition) is 4.